The minimum atomic E-state index is -0.269. The van der Waals surface area contributed by atoms with Crippen LogP contribution in [0.2, 0.25) is 0 Å². The number of aliphatic imine (C=N–C) groups is 2. The van der Waals surface area contributed by atoms with E-state index in [-0.39, 0.29) is 11.6 Å². The number of amidine groups is 1. The summed E-state index contributed by atoms with van der Waals surface area (Å²) in [5, 5.41) is 11.4. The van der Waals surface area contributed by atoms with Gasteiger partial charge in [-0.3, -0.25) is 4.99 Å². The van der Waals surface area contributed by atoms with Gasteiger partial charge in [0.25, 0.3) is 0 Å². The molecule has 3 N–H and O–H groups in total. The number of aryl methyl sites for hydroxylation is 1. The zero-order chi connectivity index (χ0) is 19.8. The molecule has 0 aliphatic carbocycles. The fourth-order valence-electron chi connectivity index (χ4n) is 3.88. The molecular weight excluding hydrogens is 366 g/mol. The summed E-state index contributed by atoms with van der Waals surface area (Å²) < 4.78 is 8.00. The van der Waals surface area contributed by atoms with Gasteiger partial charge in [0, 0.05) is 62.4 Å². The molecular formula is C21H25N7O. The van der Waals surface area contributed by atoms with Crippen molar-refractivity contribution in [2.24, 2.45) is 17.0 Å². The maximum atomic E-state index is 5.98. The predicted octanol–water partition coefficient (Wildman–Crippen LogP) is 1.18. The number of ether oxygens (including phenoxy) is 1. The van der Waals surface area contributed by atoms with Gasteiger partial charge in [-0.2, -0.15) is 0 Å². The van der Waals surface area contributed by atoms with Gasteiger partial charge in [0.05, 0.1) is 23.6 Å². The Morgan fingerprint density at radius 1 is 1.41 bits per heavy atom. The number of nitrogens with zero attached hydrogens (tertiary/aromatic N) is 4. The molecule has 5 heterocycles. The highest BCUT2D eigenvalue weighted by Gasteiger charge is 2.31. The average molecular weight is 391 g/mol. The molecule has 29 heavy (non-hydrogen) atoms. The molecule has 3 aliphatic rings. The highest BCUT2D eigenvalue weighted by Crippen LogP contribution is 2.24. The van der Waals surface area contributed by atoms with E-state index in [4.69, 9.17) is 9.73 Å². The monoisotopic (exact) mass is 391 g/mol. The van der Waals surface area contributed by atoms with E-state index in [0.717, 1.165) is 53.5 Å². The Balaban J connectivity index is 1.46. The van der Waals surface area contributed by atoms with Crippen molar-refractivity contribution in [1.29, 1.82) is 0 Å². The molecule has 0 radical (unpaired) electrons. The lowest BCUT2D eigenvalue weighted by molar-refractivity contribution is -0.0481. The third-order valence-electron chi connectivity index (χ3n) is 5.53. The third-order valence-corrected chi connectivity index (χ3v) is 5.53. The number of rotatable bonds is 3. The highest BCUT2D eigenvalue weighted by atomic mass is 16.5. The first-order valence-corrected chi connectivity index (χ1v) is 9.90. The van der Waals surface area contributed by atoms with Gasteiger partial charge in [0.1, 0.15) is 17.5 Å². The average Bonchev–Trinajstić information content (AvgIpc) is 3.12. The van der Waals surface area contributed by atoms with Crippen LogP contribution in [0.15, 0.2) is 53.0 Å². The highest BCUT2D eigenvalue weighted by molar-refractivity contribution is 6.21. The number of pyridine rings is 1. The van der Waals surface area contributed by atoms with Gasteiger partial charge in [-0.1, -0.05) is 0 Å². The molecule has 0 spiro atoms. The van der Waals surface area contributed by atoms with Crippen molar-refractivity contribution < 1.29 is 4.74 Å². The van der Waals surface area contributed by atoms with Crippen LogP contribution in [0.4, 0.5) is 0 Å². The Morgan fingerprint density at radius 3 is 3.21 bits per heavy atom. The lowest BCUT2D eigenvalue weighted by Crippen LogP contribution is -2.57. The molecule has 1 unspecified atom stereocenters. The zero-order valence-electron chi connectivity index (χ0n) is 16.6. The molecule has 1 fully saturated rings. The molecule has 1 saturated heterocycles. The van der Waals surface area contributed by atoms with Crippen molar-refractivity contribution in [1.82, 2.24) is 25.5 Å². The molecule has 0 amide bonds. The molecule has 2 aromatic rings. The second kappa shape index (κ2) is 7.13. The first kappa shape index (κ1) is 18.1. The van der Waals surface area contributed by atoms with Crippen molar-refractivity contribution in [3.63, 3.8) is 0 Å². The van der Waals surface area contributed by atoms with E-state index in [1.54, 1.807) is 6.20 Å². The number of aromatic nitrogens is 2. The quantitative estimate of drug-likeness (QED) is 0.731. The van der Waals surface area contributed by atoms with Crippen LogP contribution in [-0.2, 0) is 11.8 Å². The van der Waals surface area contributed by atoms with Gasteiger partial charge in [-0.15, -0.1) is 0 Å². The van der Waals surface area contributed by atoms with Crippen LogP contribution in [0.1, 0.15) is 12.5 Å². The van der Waals surface area contributed by atoms with E-state index in [9.17, 15) is 0 Å². The lowest BCUT2D eigenvalue weighted by atomic mass is 10.0. The summed E-state index contributed by atoms with van der Waals surface area (Å²) in [6.07, 6.45) is 9.54. The van der Waals surface area contributed by atoms with E-state index in [2.05, 4.69) is 45.0 Å². The first-order chi connectivity index (χ1) is 14.1. The number of hydrogen-bond acceptors (Lipinski definition) is 7. The zero-order valence-corrected chi connectivity index (χ0v) is 16.6. The summed E-state index contributed by atoms with van der Waals surface area (Å²) in [6, 6.07) is 4.10. The number of fused-ring (bicyclic) bond motifs is 2. The van der Waals surface area contributed by atoms with Crippen LogP contribution < -0.4 is 16.0 Å². The third kappa shape index (κ3) is 3.45. The smallest absolute Gasteiger partial charge is 0.139 e. The van der Waals surface area contributed by atoms with E-state index >= 15 is 0 Å². The Bertz CT molecular complexity index is 1060. The van der Waals surface area contributed by atoms with E-state index < -0.39 is 0 Å². The maximum Gasteiger partial charge on any atom is 0.139 e. The minimum absolute atomic E-state index is 0.0858. The summed E-state index contributed by atoms with van der Waals surface area (Å²) in [5.74, 6) is 0.842. The SMILES string of the molecule is Cn1ccc2cc(C3=CC4=NC=CNC4C(NC[C@@]4(C)CNCCO4)=N3)cnc21. The first-order valence-electron chi connectivity index (χ1n) is 9.90. The maximum absolute atomic E-state index is 5.98. The molecule has 150 valence electrons. The Hall–Kier alpha value is -2.97. The fourth-order valence-corrected chi connectivity index (χ4v) is 3.88. The summed E-state index contributed by atoms with van der Waals surface area (Å²) in [7, 11) is 2.00. The van der Waals surface area contributed by atoms with Crippen LogP contribution >= 0.6 is 0 Å². The van der Waals surface area contributed by atoms with Crippen molar-refractivity contribution in [2.75, 3.05) is 26.2 Å². The molecule has 8 nitrogen and oxygen atoms in total. The van der Waals surface area contributed by atoms with Crippen molar-refractivity contribution in [3.05, 3.63) is 48.6 Å². The van der Waals surface area contributed by atoms with Crippen LogP contribution in [0.25, 0.3) is 16.7 Å². The van der Waals surface area contributed by atoms with Crippen molar-refractivity contribution in [2.45, 2.75) is 18.6 Å². The molecule has 3 aliphatic heterocycles. The number of nitrogens with one attached hydrogen (secondary N) is 3. The standard InChI is InChI=1S/C21H25N7O/c1-21(12-22-6-8-29-21)13-26-19-18-17(23-4-5-24-18)10-16(27-19)15-9-14-3-7-28(2)20(14)25-11-15/h3-5,7,9-11,18,22,24H,6,8,12-13H2,1-2H3,(H,26,27)/t18?,21-/m1/s1. The van der Waals surface area contributed by atoms with E-state index in [1.165, 1.54) is 0 Å². The topological polar surface area (TPSA) is 87.9 Å². The summed E-state index contributed by atoms with van der Waals surface area (Å²) in [4.78, 5) is 14.1. The van der Waals surface area contributed by atoms with E-state index in [1.807, 2.05) is 36.3 Å². The number of hydrogen-bond donors (Lipinski definition) is 3. The van der Waals surface area contributed by atoms with Gasteiger partial charge >= 0.3 is 0 Å². The fraction of sp³-hybridized carbons (Fsp3) is 0.381. The van der Waals surface area contributed by atoms with Crippen LogP contribution in [0.3, 0.4) is 0 Å². The van der Waals surface area contributed by atoms with Crippen LogP contribution in [0.5, 0.6) is 0 Å². The summed E-state index contributed by atoms with van der Waals surface area (Å²) >= 11 is 0. The molecule has 2 aromatic heterocycles. The normalized spacial score (nSPS) is 26.3. The van der Waals surface area contributed by atoms with Gasteiger partial charge in [-0.25, -0.2) is 9.98 Å². The summed E-state index contributed by atoms with van der Waals surface area (Å²) in [5.41, 5.74) is 3.45. The Kier molecular flexibility index (Phi) is 4.44. The largest absolute Gasteiger partial charge is 0.375 e. The van der Waals surface area contributed by atoms with Gasteiger partial charge in [-0.05, 0) is 25.1 Å². The lowest BCUT2D eigenvalue weighted by Gasteiger charge is -2.36. The van der Waals surface area contributed by atoms with Crippen molar-refractivity contribution in [3.8, 4) is 0 Å². The Labute approximate surface area is 169 Å². The molecule has 8 heteroatoms. The molecule has 0 aromatic carbocycles. The number of morpholine rings is 1. The molecule has 2 atom stereocenters. The summed E-state index contributed by atoms with van der Waals surface area (Å²) in [6.45, 7) is 5.20. The molecule has 5 rings (SSSR count). The van der Waals surface area contributed by atoms with Gasteiger partial charge in [0.15, 0.2) is 0 Å². The second-order valence-electron chi connectivity index (χ2n) is 7.89. The minimum Gasteiger partial charge on any atom is -0.375 e. The molecule has 0 bridgehead atoms. The van der Waals surface area contributed by atoms with Crippen molar-refractivity contribution >= 4 is 28.3 Å². The van der Waals surface area contributed by atoms with Crippen LogP contribution in [-0.4, -0.2) is 59.0 Å². The predicted molar refractivity (Wildman–Crippen MR) is 115 cm³/mol. The van der Waals surface area contributed by atoms with E-state index in [0.29, 0.717) is 6.54 Å². The Morgan fingerprint density at radius 2 is 2.34 bits per heavy atom. The second-order valence-corrected chi connectivity index (χ2v) is 7.89. The van der Waals surface area contributed by atoms with Gasteiger partial charge in [0.2, 0.25) is 0 Å². The molecule has 0 saturated carbocycles. The van der Waals surface area contributed by atoms with Gasteiger partial charge < -0.3 is 25.3 Å². The van der Waals surface area contributed by atoms with Crippen LogP contribution in [0, 0.1) is 0 Å².